The van der Waals surface area contributed by atoms with E-state index in [4.69, 9.17) is 59.4 Å². The minimum Gasteiger partial charge on any atom is -0.496 e. The van der Waals surface area contributed by atoms with E-state index >= 15 is 0 Å². The fourth-order valence-corrected chi connectivity index (χ4v) is 10.3. The van der Waals surface area contributed by atoms with Gasteiger partial charge in [-0.3, -0.25) is 10.1 Å². The number of halogens is 2. The second-order valence-corrected chi connectivity index (χ2v) is 26.9. The summed E-state index contributed by atoms with van der Waals surface area (Å²) in [6.45, 7) is 20.8. The van der Waals surface area contributed by atoms with Crippen molar-refractivity contribution in [3.63, 3.8) is 0 Å². The number of rotatable bonds is 22. The maximum Gasteiger partial charge on any atom is 0.347 e. The van der Waals surface area contributed by atoms with Gasteiger partial charge in [-0.1, -0.05) is 80.9 Å². The summed E-state index contributed by atoms with van der Waals surface area (Å²) < 4.78 is 56.8. The first-order valence-electron chi connectivity index (χ1n) is 25.0. The first kappa shape index (κ1) is 57.4. The monoisotopic (exact) mass is 1090 g/mol. The fourth-order valence-electron chi connectivity index (χ4n) is 8.02. The van der Waals surface area contributed by atoms with Gasteiger partial charge in [0.2, 0.25) is 12.0 Å². The van der Waals surface area contributed by atoms with Crippen LogP contribution in [0.5, 0.6) is 17.4 Å². The SMILES string of the molecule is CCOC(=O)C(Cc1cc(CNC(COC)C(=O)OC(C)(C)C)ccc1OCc1ccnc(-c2ccccc2OC)n1)Oc1ncnc2sc(-c3ccc(F)cc3)c(-c3ccc(CO[Si](C)(C)C(C)(C)C)c(Cl)c3C)c12. The van der Waals surface area contributed by atoms with E-state index in [2.05, 4.69) is 44.2 Å². The Bertz CT molecular complexity index is 3160. The third-order valence-electron chi connectivity index (χ3n) is 13.0. The third kappa shape index (κ3) is 14.0. The number of methoxy groups -OCH3 is 2. The van der Waals surface area contributed by atoms with Crippen LogP contribution in [0.3, 0.4) is 0 Å². The van der Waals surface area contributed by atoms with Crippen LogP contribution in [-0.4, -0.2) is 85.4 Å². The number of ether oxygens (including phenoxy) is 6. The smallest absolute Gasteiger partial charge is 0.347 e. The van der Waals surface area contributed by atoms with Crippen LogP contribution in [0.2, 0.25) is 23.2 Å². The number of carbonyl (C=O) groups is 2. The highest BCUT2D eigenvalue weighted by Crippen LogP contribution is 2.49. The van der Waals surface area contributed by atoms with Crippen LogP contribution in [0.15, 0.2) is 97.5 Å². The van der Waals surface area contributed by atoms with Crippen molar-refractivity contribution in [1.29, 1.82) is 0 Å². The summed E-state index contributed by atoms with van der Waals surface area (Å²) in [5, 5.41) is 4.35. The Kier molecular flexibility index (Phi) is 18.7. The quantitative estimate of drug-likeness (QED) is 0.0504. The first-order valence-corrected chi connectivity index (χ1v) is 29.2. The molecule has 2 atom stereocenters. The van der Waals surface area contributed by atoms with Crippen LogP contribution in [0.25, 0.3) is 43.2 Å². The fraction of sp³-hybridized carbons (Fsp3) is 0.379. The summed E-state index contributed by atoms with van der Waals surface area (Å²) >= 11 is 8.65. The number of nitrogens with one attached hydrogen (secondary N) is 1. The Morgan fingerprint density at radius 1 is 0.855 bits per heavy atom. The zero-order chi connectivity index (χ0) is 55.0. The highest BCUT2D eigenvalue weighted by Gasteiger charge is 2.37. The molecule has 2 unspecified atom stereocenters. The Morgan fingerprint density at radius 3 is 2.30 bits per heavy atom. The normalized spacial score (nSPS) is 12.8. The van der Waals surface area contributed by atoms with Gasteiger partial charge in [0.1, 0.15) is 46.7 Å². The molecule has 3 aromatic heterocycles. The molecular weight excluding hydrogens is 1030 g/mol. The van der Waals surface area contributed by atoms with Crippen LogP contribution in [0.4, 0.5) is 4.39 Å². The second-order valence-electron chi connectivity index (χ2n) is 20.7. The number of aromatic nitrogens is 4. The summed E-state index contributed by atoms with van der Waals surface area (Å²) in [6.07, 6.45) is 1.73. The van der Waals surface area contributed by atoms with Gasteiger partial charge in [0.05, 0.1) is 43.6 Å². The Hall–Kier alpha value is -6.34. The summed E-state index contributed by atoms with van der Waals surface area (Å²) in [5.41, 5.74) is 5.76. The van der Waals surface area contributed by atoms with E-state index in [1.807, 2.05) is 55.5 Å². The minimum absolute atomic E-state index is 0.00226. The van der Waals surface area contributed by atoms with Crippen molar-refractivity contribution < 1.29 is 46.8 Å². The maximum atomic E-state index is 14.5. The number of thiophene rings is 1. The van der Waals surface area contributed by atoms with Crippen molar-refractivity contribution in [1.82, 2.24) is 25.3 Å². The van der Waals surface area contributed by atoms with E-state index in [-0.39, 0.29) is 49.5 Å². The Labute approximate surface area is 454 Å². The molecule has 18 heteroatoms. The number of benzene rings is 4. The largest absolute Gasteiger partial charge is 0.496 e. The molecule has 0 radical (unpaired) electrons. The summed E-state index contributed by atoms with van der Waals surface area (Å²) in [5.74, 6) is 0.151. The number of carbonyl (C=O) groups excluding carboxylic acids is 2. The van der Waals surface area contributed by atoms with Gasteiger partial charge in [0.15, 0.2) is 14.1 Å². The van der Waals surface area contributed by atoms with Gasteiger partial charge >= 0.3 is 11.9 Å². The van der Waals surface area contributed by atoms with Gasteiger partial charge in [-0.25, -0.2) is 29.1 Å². The molecule has 0 amide bonds. The standard InChI is InChI=1S/C58H67ClFN5O9SSi/c1-13-70-56(67)47(73-53-49-48(51(75-54(49)64-34-63-53)37-19-22-40(60)23-20-37)42-24-21-38(50(59)35(42)2)31-72-76(11,12)58(6,7)8)29-39-28-36(30-62-44(33-68-9)55(66)74-57(3,4)5)18-25-45(39)71-32-41-26-27-61-52(65-41)43-16-14-15-17-46(43)69-10/h14-28,34,44,47,62H,13,29-33H2,1-12H3. The van der Waals surface area contributed by atoms with Gasteiger partial charge in [-0.15, -0.1) is 11.3 Å². The van der Waals surface area contributed by atoms with Crippen molar-refractivity contribution >= 4 is 53.4 Å². The molecule has 1 N–H and O–H groups in total. The van der Waals surface area contributed by atoms with Gasteiger partial charge in [0.25, 0.3) is 0 Å². The van der Waals surface area contributed by atoms with E-state index in [0.29, 0.717) is 56.0 Å². The van der Waals surface area contributed by atoms with Gasteiger partial charge in [-0.05, 0) is 123 Å². The molecule has 402 valence electrons. The van der Waals surface area contributed by atoms with Crippen molar-refractivity contribution in [2.75, 3.05) is 27.4 Å². The van der Waals surface area contributed by atoms with E-state index in [0.717, 1.165) is 38.3 Å². The highest BCUT2D eigenvalue weighted by atomic mass is 35.5. The molecule has 7 aromatic rings. The van der Waals surface area contributed by atoms with Crippen molar-refractivity contribution in [3.8, 4) is 50.3 Å². The van der Waals surface area contributed by atoms with Gasteiger partial charge in [0, 0.05) is 41.7 Å². The molecule has 0 saturated heterocycles. The topological polar surface area (TPSA) is 162 Å². The molecule has 3 heterocycles. The lowest BCUT2D eigenvalue weighted by Crippen LogP contribution is -2.43. The van der Waals surface area contributed by atoms with Crippen LogP contribution in [-0.2, 0) is 54.4 Å². The van der Waals surface area contributed by atoms with Crippen LogP contribution in [0, 0.1) is 12.7 Å². The number of nitrogens with zero attached hydrogens (tertiary/aromatic N) is 4. The molecule has 4 aromatic carbocycles. The molecule has 0 spiro atoms. The van der Waals surface area contributed by atoms with Crippen LogP contribution < -0.4 is 19.5 Å². The summed E-state index contributed by atoms with van der Waals surface area (Å²) in [7, 11) is 0.986. The van der Waals surface area contributed by atoms with Crippen molar-refractivity contribution in [2.24, 2.45) is 0 Å². The highest BCUT2D eigenvalue weighted by molar-refractivity contribution is 7.22. The lowest BCUT2D eigenvalue weighted by molar-refractivity contribution is -0.159. The molecule has 0 saturated carbocycles. The molecular formula is C58H67ClFN5O9SSi. The molecule has 76 heavy (non-hydrogen) atoms. The maximum absolute atomic E-state index is 14.5. The molecule has 14 nitrogen and oxygen atoms in total. The summed E-state index contributed by atoms with van der Waals surface area (Å²) in [4.78, 5) is 47.6. The van der Waals surface area contributed by atoms with E-state index in [1.54, 1.807) is 65.3 Å². The number of para-hydroxylation sites is 1. The second kappa shape index (κ2) is 24.8. The molecule has 0 aliphatic carbocycles. The van der Waals surface area contributed by atoms with E-state index in [1.165, 1.54) is 36.9 Å². The van der Waals surface area contributed by atoms with E-state index in [9.17, 15) is 14.0 Å². The van der Waals surface area contributed by atoms with Gasteiger partial charge < -0.3 is 32.8 Å². The molecule has 0 fully saturated rings. The predicted octanol–water partition coefficient (Wildman–Crippen LogP) is 12.7. The van der Waals surface area contributed by atoms with Crippen molar-refractivity contribution in [2.45, 2.75) is 117 Å². The predicted molar refractivity (Wildman–Crippen MR) is 298 cm³/mol. The zero-order valence-electron chi connectivity index (χ0n) is 45.3. The average Bonchev–Trinajstić information content (AvgIpc) is 3.80. The van der Waals surface area contributed by atoms with Crippen molar-refractivity contribution in [3.05, 3.63) is 136 Å². The number of hydrogen-bond donors (Lipinski definition) is 1. The number of fused-ring (bicyclic) bond motifs is 1. The Balaban J connectivity index is 1.30. The molecule has 0 aliphatic heterocycles. The van der Waals surface area contributed by atoms with E-state index < -0.39 is 38.0 Å². The third-order valence-corrected chi connectivity index (χ3v) is 19.2. The first-order chi connectivity index (χ1) is 36.1. The minimum atomic E-state index is -2.12. The molecule has 0 bridgehead atoms. The summed E-state index contributed by atoms with van der Waals surface area (Å²) in [6, 6.07) is 24.2. The number of hydrogen-bond acceptors (Lipinski definition) is 15. The Morgan fingerprint density at radius 2 is 1.61 bits per heavy atom. The van der Waals surface area contributed by atoms with Crippen LogP contribution in [0.1, 0.15) is 76.4 Å². The zero-order valence-corrected chi connectivity index (χ0v) is 47.8. The van der Waals surface area contributed by atoms with Crippen LogP contribution >= 0.6 is 22.9 Å². The average molecular weight is 1090 g/mol. The molecule has 0 aliphatic rings. The number of esters is 2. The van der Waals surface area contributed by atoms with Gasteiger partial charge in [-0.2, -0.15) is 0 Å². The lowest BCUT2D eigenvalue weighted by atomic mass is 9.94. The lowest BCUT2D eigenvalue weighted by Gasteiger charge is -2.36. The molecule has 7 rings (SSSR count).